The second kappa shape index (κ2) is 5.82. The standard InChI is InChI=1S/C17H24FNO/c1-2-20-16-12-15(17(16)8-4-9-17)19-10-7-13-5-3-6-14(18)11-13/h3,5-6,11,15-16,19H,2,4,7-10,12H2,1H3. The van der Waals surface area contributed by atoms with Gasteiger partial charge in [-0.15, -0.1) is 0 Å². The Bertz CT molecular complexity index is 458. The molecule has 0 bridgehead atoms. The highest BCUT2D eigenvalue weighted by atomic mass is 19.1. The van der Waals surface area contributed by atoms with E-state index < -0.39 is 0 Å². The quantitative estimate of drug-likeness (QED) is 0.861. The second-order valence-electron chi connectivity index (χ2n) is 6.15. The van der Waals surface area contributed by atoms with Gasteiger partial charge in [0, 0.05) is 18.1 Å². The number of hydrogen-bond donors (Lipinski definition) is 1. The Morgan fingerprint density at radius 2 is 2.25 bits per heavy atom. The summed E-state index contributed by atoms with van der Waals surface area (Å²) in [6, 6.07) is 7.50. The monoisotopic (exact) mass is 277 g/mol. The van der Waals surface area contributed by atoms with Crippen LogP contribution in [0.5, 0.6) is 0 Å². The lowest BCUT2D eigenvalue weighted by Gasteiger charge is -2.61. The number of halogens is 1. The van der Waals surface area contributed by atoms with Crippen molar-refractivity contribution in [2.24, 2.45) is 5.41 Å². The molecule has 3 rings (SSSR count). The highest BCUT2D eigenvalue weighted by Crippen LogP contribution is 2.57. The first kappa shape index (κ1) is 14.0. The second-order valence-corrected chi connectivity index (χ2v) is 6.15. The Balaban J connectivity index is 1.48. The van der Waals surface area contributed by atoms with E-state index in [0.717, 1.165) is 31.6 Å². The van der Waals surface area contributed by atoms with Crippen LogP contribution in [0.4, 0.5) is 4.39 Å². The fraction of sp³-hybridized carbons (Fsp3) is 0.647. The van der Waals surface area contributed by atoms with Crippen LogP contribution in [-0.2, 0) is 11.2 Å². The first-order valence-electron chi connectivity index (χ1n) is 7.84. The van der Waals surface area contributed by atoms with Crippen molar-refractivity contribution >= 4 is 0 Å². The van der Waals surface area contributed by atoms with Gasteiger partial charge >= 0.3 is 0 Å². The van der Waals surface area contributed by atoms with E-state index in [9.17, 15) is 4.39 Å². The van der Waals surface area contributed by atoms with Crippen molar-refractivity contribution in [2.45, 2.75) is 51.2 Å². The number of rotatable bonds is 6. The molecule has 2 nitrogen and oxygen atoms in total. The summed E-state index contributed by atoms with van der Waals surface area (Å²) < 4.78 is 19.0. The van der Waals surface area contributed by atoms with E-state index in [1.807, 2.05) is 6.07 Å². The third-order valence-corrected chi connectivity index (χ3v) is 5.13. The molecule has 2 saturated carbocycles. The Morgan fingerprint density at radius 1 is 1.40 bits per heavy atom. The van der Waals surface area contributed by atoms with Crippen molar-refractivity contribution in [1.82, 2.24) is 5.32 Å². The summed E-state index contributed by atoms with van der Waals surface area (Å²) >= 11 is 0. The zero-order valence-electron chi connectivity index (χ0n) is 12.2. The van der Waals surface area contributed by atoms with Crippen LogP contribution in [0.15, 0.2) is 24.3 Å². The van der Waals surface area contributed by atoms with E-state index in [4.69, 9.17) is 4.74 Å². The zero-order valence-corrected chi connectivity index (χ0v) is 12.2. The highest BCUT2D eigenvalue weighted by Gasteiger charge is 2.58. The van der Waals surface area contributed by atoms with Gasteiger partial charge in [0.05, 0.1) is 6.10 Å². The molecule has 0 amide bonds. The number of benzene rings is 1. The third kappa shape index (κ3) is 2.49. The largest absolute Gasteiger partial charge is 0.378 e. The molecule has 1 aromatic rings. The van der Waals surface area contributed by atoms with Gasteiger partial charge in [-0.2, -0.15) is 0 Å². The van der Waals surface area contributed by atoms with Crippen molar-refractivity contribution in [1.29, 1.82) is 0 Å². The molecule has 0 aromatic heterocycles. The van der Waals surface area contributed by atoms with E-state index in [1.54, 1.807) is 12.1 Å². The third-order valence-electron chi connectivity index (χ3n) is 5.13. The lowest BCUT2D eigenvalue weighted by molar-refractivity contribution is -0.172. The van der Waals surface area contributed by atoms with Crippen LogP contribution in [0.25, 0.3) is 0 Å². The van der Waals surface area contributed by atoms with E-state index in [-0.39, 0.29) is 5.82 Å². The summed E-state index contributed by atoms with van der Waals surface area (Å²) in [4.78, 5) is 0. The lowest BCUT2D eigenvalue weighted by atomic mass is 9.51. The molecule has 110 valence electrons. The summed E-state index contributed by atoms with van der Waals surface area (Å²) in [5.74, 6) is -0.141. The van der Waals surface area contributed by atoms with Crippen molar-refractivity contribution < 1.29 is 9.13 Å². The predicted molar refractivity (Wildman–Crippen MR) is 78.2 cm³/mol. The lowest BCUT2D eigenvalue weighted by Crippen LogP contribution is -2.67. The van der Waals surface area contributed by atoms with Crippen LogP contribution in [0.1, 0.15) is 38.2 Å². The smallest absolute Gasteiger partial charge is 0.123 e. The topological polar surface area (TPSA) is 21.3 Å². The zero-order chi connectivity index (χ0) is 14.0. The first-order valence-corrected chi connectivity index (χ1v) is 7.84. The van der Waals surface area contributed by atoms with E-state index in [1.165, 1.54) is 25.3 Å². The molecule has 3 heteroatoms. The molecular weight excluding hydrogens is 253 g/mol. The van der Waals surface area contributed by atoms with Gasteiger partial charge in [0.2, 0.25) is 0 Å². The summed E-state index contributed by atoms with van der Waals surface area (Å²) in [6.45, 7) is 3.83. The molecule has 2 atom stereocenters. The van der Waals surface area contributed by atoms with Crippen molar-refractivity contribution in [3.63, 3.8) is 0 Å². The molecule has 2 aliphatic rings. The molecule has 1 N–H and O–H groups in total. The average Bonchev–Trinajstić information content (AvgIpc) is 2.35. The maximum atomic E-state index is 13.1. The Hall–Kier alpha value is -0.930. The summed E-state index contributed by atoms with van der Waals surface area (Å²) in [7, 11) is 0. The predicted octanol–water partition coefficient (Wildman–Crippen LogP) is 3.31. The minimum atomic E-state index is -0.141. The number of hydrogen-bond acceptors (Lipinski definition) is 2. The van der Waals surface area contributed by atoms with Crippen LogP contribution in [0, 0.1) is 11.2 Å². The van der Waals surface area contributed by atoms with Gasteiger partial charge in [-0.05, 0) is 56.8 Å². The van der Waals surface area contributed by atoms with Crippen LogP contribution < -0.4 is 5.32 Å². The molecule has 1 spiro atoms. The van der Waals surface area contributed by atoms with Gasteiger partial charge in [-0.3, -0.25) is 0 Å². The fourth-order valence-electron chi connectivity index (χ4n) is 3.81. The fourth-order valence-corrected chi connectivity index (χ4v) is 3.81. The summed E-state index contributed by atoms with van der Waals surface area (Å²) in [6.07, 6.45) is 6.43. The van der Waals surface area contributed by atoms with E-state index in [0.29, 0.717) is 17.6 Å². The van der Waals surface area contributed by atoms with Crippen LogP contribution in [0.3, 0.4) is 0 Å². The Morgan fingerprint density at radius 3 is 2.90 bits per heavy atom. The minimum absolute atomic E-state index is 0.141. The Labute approximate surface area is 120 Å². The van der Waals surface area contributed by atoms with Gasteiger partial charge in [-0.25, -0.2) is 4.39 Å². The first-order chi connectivity index (χ1) is 9.74. The maximum Gasteiger partial charge on any atom is 0.123 e. The van der Waals surface area contributed by atoms with Crippen molar-refractivity contribution in [3.05, 3.63) is 35.6 Å². The van der Waals surface area contributed by atoms with Gasteiger partial charge in [0.15, 0.2) is 0 Å². The van der Waals surface area contributed by atoms with Crippen LogP contribution in [0.2, 0.25) is 0 Å². The van der Waals surface area contributed by atoms with Gasteiger partial charge < -0.3 is 10.1 Å². The highest BCUT2D eigenvalue weighted by molar-refractivity contribution is 5.17. The van der Waals surface area contributed by atoms with Crippen molar-refractivity contribution in [2.75, 3.05) is 13.2 Å². The number of ether oxygens (including phenoxy) is 1. The molecule has 1 aromatic carbocycles. The van der Waals surface area contributed by atoms with Crippen LogP contribution >= 0.6 is 0 Å². The molecule has 0 heterocycles. The summed E-state index contributed by atoms with van der Waals surface area (Å²) in [5, 5.41) is 3.67. The molecule has 20 heavy (non-hydrogen) atoms. The Kier molecular flexibility index (Phi) is 4.08. The van der Waals surface area contributed by atoms with Gasteiger partial charge in [0.25, 0.3) is 0 Å². The van der Waals surface area contributed by atoms with Crippen molar-refractivity contribution in [3.8, 4) is 0 Å². The van der Waals surface area contributed by atoms with E-state index in [2.05, 4.69) is 12.2 Å². The van der Waals surface area contributed by atoms with Crippen LogP contribution in [-0.4, -0.2) is 25.3 Å². The maximum absolute atomic E-state index is 13.1. The van der Waals surface area contributed by atoms with E-state index >= 15 is 0 Å². The molecule has 0 saturated heterocycles. The minimum Gasteiger partial charge on any atom is -0.378 e. The average molecular weight is 277 g/mol. The molecule has 2 aliphatic carbocycles. The van der Waals surface area contributed by atoms with Gasteiger partial charge in [-0.1, -0.05) is 18.6 Å². The number of nitrogens with one attached hydrogen (secondary N) is 1. The SMILES string of the molecule is CCOC1CC(NCCc2cccc(F)c2)C12CCC2. The molecular formula is C17H24FNO. The molecule has 2 fully saturated rings. The molecule has 2 unspecified atom stereocenters. The molecule has 0 aliphatic heterocycles. The normalized spacial score (nSPS) is 27.1. The summed E-state index contributed by atoms with van der Waals surface area (Å²) in [5.41, 5.74) is 1.48. The molecule has 0 radical (unpaired) electrons. The van der Waals surface area contributed by atoms with Gasteiger partial charge in [0.1, 0.15) is 5.82 Å².